The summed E-state index contributed by atoms with van der Waals surface area (Å²) < 4.78 is 16.4. The lowest BCUT2D eigenvalue weighted by Crippen LogP contribution is -2.33. The van der Waals surface area contributed by atoms with Crippen molar-refractivity contribution in [1.29, 1.82) is 0 Å². The van der Waals surface area contributed by atoms with Gasteiger partial charge in [0.15, 0.2) is 11.5 Å². The number of rotatable bonds is 8. The molecule has 0 aliphatic heterocycles. The molecule has 3 aromatic rings. The molecule has 35 heavy (non-hydrogen) atoms. The van der Waals surface area contributed by atoms with E-state index in [1.807, 2.05) is 0 Å². The van der Waals surface area contributed by atoms with Gasteiger partial charge in [0.05, 0.1) is 25.6 Å². The lowest BCUT2D eigenvalue weighted by atomic mass is 10.1. The van der Waals surface area contributed by atoms with Gasteiger partial charge in [0.2, 0.25) is 0 Å². The van der Waals surface area contributed by atoms with E-state index in [4.69, 9.17) is 37.4 Å². The number of carbonyl (C=O) groups is 2. The number of methoxy groups -OCH3 is 2. The van der Waals surface area contributed by atoms with Crippen LogP contribution in [0.1, 0.15) is 18.1 Å². The number of benzene rings is 3. The third-order valence-electron chi connectivity index (χ3n) is 4.87. The summed E-state index contributed by atoms with van der Waals surface area (Å²) in [6.07, 6.45) is 0. The molecule has 2 N–H and O–H groups in total. The minimum Gasteiger partial charge on any atom is -0.495 e. The molecule has 3 rings (SSSR count). The van der Waals surface area contributed by atoms with Crippen LogP contribution < -0.4 is 25.0 Å². The van der Waals surface area contributed by atoms with E-state index in [2.05, 4.69) is 15.8 Å². The summed E-state index contributed by atoms with van der Waals surface area (Å²) >= 11 is 12.1. The van der Waals surface area contributed by atoms with Crippen LogP contribution in [-0.2, 0) is 16.2 Å². The molecule has 0 fully saturated rings. The lowest BCUT2D eigenvalue weighted by molar-refractivity contribution is -0.136. The minimum atomic E-state index is -0.929. The molecule has 3 aromatic carbocycles. The van der Waals surface area contributed by atoms with Gasteiger partial charge in [-0.1, -0.05) is 41.4 Å². The van der Waals surface area contributed by atoms with Gasteiger partial charge in [0.25, 0.3) is 0 Å². The van der Waals surface area contributed by atoms with Gasteiger partial charge < -0.3 is 19.5 Å². The molecule has 0 saturated carbocycles. The van der Waals surface area contributed by atoms with Crippen molar-refractivity contribution in [2.45, 2.75) is 13.5 Å². The fourth-order valence-electron chi connectivity index (χ4n) is 2.98. The molecule has 8 nitrogen and oxygen atoms in total. The fraction of sp³-hybridized carbons (Fsp3) is 0.160. The molecule has 0 unspecified atom stereocenters. The van der Waals surface area contributed by atoms with Gasteiger partial charge in [-0.15, -0.1) is 0 Å². The molecule has 0 aliphatic carbocycles. The van der Waals surface area contributed by atoms with Crippen LogP contribution in [-0.4, -0.2) is 31.7 Å². The molecule has 0 saturated heterocycles. The number of ether oxygens (including phenoxy) is 3. The highest BCUT2D eigenvalue weighted by Gasteiger charge is 2.16. The van der Waals surface area contributed by atoms with Gasteiger partial charge in [-0.3, -0.25) is 9.59 Å². The van der Waals surface area contributed by atoms with Crippen LogP contribution >= 0.6 is 23.2 Å². The highest BCUT2D eigenvalue weighted by molar-refractivity contribution is 6.39. The average Bonchev–Trinajstić information content (AvgIpc) is 2.86. The van der Waals surface area contributed by atoms with Crippen molar-refractivity contribution in [3.63, 3.8) is 0 Å². The maximum atomic E-state index is 12.2. The summed E-state index contributed by atoms with van der Waals surface area (Å²) in [5.41, 5.74) is 4.50. The largest absolute Gasteiger partial charge is 0.495 e. The van der Waals surface area contributed by atoms with Crippen LogP contribution in [0.2, 0.25) is 10.0 Å². The Kier molecular flexibility index (Phi) is 8.94. The monoisotopic (exact) mass is 515 g/mol. The van der Waals surface area contributed by atoms with Gasteiger partial charge in [0, 0.05) is 21.2 Å². The SMILES string of the molecule is COc1ccccc1NC(=O)C(=O)N/N=C(\C)c1ccc(OCc2ccc(Cl)cc2Cl)c(OC)c1. The maximum absolute atomic E-state index is 12.2. The Labute approximate surface area is 212 Å². The Morgan fingerprint density at radius 3 is 2.34 bits per heavy atom. The van der Waals surface area contributed by atoms with Gasteiger partial charge in [0.1, 0.15) is 12.4 Å². The molecule has 0 aliphatic rings. The number of nitrogens with zero attached hydrogens (tertiary/aromatic N) is 1. The van der Waals surface area contributed by atoms with Crippen molar-refractivity contribution in [2.75, 3.05) is 19.5 Å². The molecule has 10 heteroatoms. The van der Waals surface area contributed by atoms with Crippen LogP contribution in [0.4, 0.5) is 5.69 Å². The molecule has 2 amide bonds. The van der Waals surface area contributed by atoms with Gasteiger partial charge in [-0.2, -0.15) is 5.10 Å². The number of nitrogens with one attached hydrogen (secondary N) is 2. The molecular formula is C25H23Cl2N3O5. The Bertz CT molecular complexity index is 1260. The number of carbonyl (C=O) groups excluding carboxylic acids is 2. The second kappa shape index (κ2) is 12.1. The highest BCUT2D eigenvalue weighted by Crippen LogP contribution is 2.30. The quantitative estimate of drug-likeness (QED) is 0.248. The molecule has 0 atom stereocenters. The van der Waals surface area contributed by atoms with E-state index in [9.17, 15) is 9.59 Å². The van der Waals surface area contributed by atoms with Crippen LogP contribution in [0.5, 0.6) is 17.2 Å². The summed E-state index contributed by atoms with van der Waals surface area (Å²) in [5, 5.41) is 7.55. The normalized spacial score (nSPS) is 10.9. The first-order valence-corrected chi connectivity index (χ1v) is 11.1. The Morgan fingerprint density at radius 2 is 1.63 bits per heavy atom. The minimum absolute atomic E-state index is 0.218. The fourth-order valence-corrected chi connectivity index (χ4v) is 3.45. The van der Waals surface area contributed by atoms with Crippen LogP contribution in [0.15, 0.2) is 65.8 Å². The molecule has 0 radical (unpaired) electrons. The summed E-state index contributed by atoms with van der Waals surface area (Å²) in [4.78, 5) is 24.4. The van der Waals surface area contributed by atoms with Crippen molar-refractivity contribution < 1.29 is 23.8 Å². The average molecular weight is 516 g/mol. The van der Waals surface area contributed by atoms with Crippen molar-refractivity contribution in [2.24, 2.45) is 5.10 Å². The van der Waals surface area contributed by atoms with Crippen molar-refractivity contribution in [1.82, 2.24) is 5.43 Å². The number of amides is 2. The van der Waals surface area contributed by atoms with Gasteiger partial charge in [-0.25, -0.2) is 5.43 Å². The zero-order valence-corrected chi connectivity index (χ0v) is 20.7. The van der Waals surface area contributed by atoms with Crippen molar-refractivity contribution in [3.05, 3.63) is 81.8 Å². The predicted molar refractivity (Wildman–Crippen MR) is 136 cm³/mol. The van der Waals surface area contributed by atoms with Crippen molar-refractivity contribution >= 4 is 46.4 Å². The Balaban J connectivity index is 1.64. The van der Waals surface area contributed by atoms with E-state index in [-0.39, 0.29) is 6.61 Å². The number of halogens is 2. The first kappa shape index (κ1) is 25.9. The van der Waals surface area contributed by atoms with E-state index in [1.54, 1.807) is 67.6 Å². The maximum Gasteiger partial charge on any atom is 0.329 e. The zero-order valence-electron chi connectivity index (χ0n) is 19.2. The zero-order chi connectivity index (χ0) is 25.4. The summed E-state index contributed by atoms with van der Waals surface area (Å²) in [6.45, 7) is 1.90. The van der Waals surface area contributed by atoms with E-state index in [1.165, 1.54) is 14.2 Å². The summed E-state index contributed by atoms with van der Waals surface area (Å²) in [7, 11) is 2.98. The second-order valence-corrected chi connectivity index (χ2v) is 8.03. The number of anilines is 1. The summed E-state index contributed by atoms with van der Waals surface area (Å²) in [6, 6.07) is 17.1. The topological polar surface area (TPSA) is 98.2 Å². The van der Waals surface area contributed by atoms with E-state index >= 15 is 0 Å². The van der Waals surface area contributed by atoms with Crippen LogP contribution in [0, 0.1) is 0 Å². The smallest absolute Gasteiger partial charge is 0.329 e. The lowest BCUT2D eigenvalue weighted by Gasteiger charge is -2.13. The Hall–Kier alpha value is -3.75. The number of para-hydroxylation sites is 2. The number of hydrazone groups is 1. The van der Waals surface area contributed by atoms with E-state index in [0.717, 1.165) is 5.56 Å². The molecule has 182 valence electrons. The van der Waals surface area contributed by atoms with Gasteiger partial charge in [-0.05, 0) is 49.4 Å². The predicted octanol–water partition coefficient (Wildman–Crippen LogP) is 5.07. The highest BCUT2D eigenvalue weighted by atomic mass is 35.5. The standard InChI is InChI=1S/C25H23Cl2N3O5/c1-15(29-30-25(32)24(31)28-20-6-4-5-7-21(20)33-2)16-9-11-22(23(12-16)34-3)35-14-17-8-10-18(26)13-19(17)27/h4-13H,14H2,1-3H3,(H,28,31)(H,30,32)/b29-15+. The second-order valence-electron chi connectivity index (χ2n) is 7.18. The first-order chi connectivity index (χ1) is 16.8. The van der Waals surface area contributed by atoms with E-state index < -0.39 is 11.8 Å². The van der Waals surface area contributed by atoms with Gasteiger partial charge >= 0.3 is 11.8 Å². The van der Waals surface area contributed by atoms with Crippen LogP contribution in [0.25, 0.3) is 0 Å². The molecule has 0 aromatic heterocycles. The molecule has 0 heterocycles. The van der Waals surface area contributed by atoms with Crippen LogP contribution in [0.3, 0.4) is 0 Å². The Morgan fingerprint density at radius 1 is 0.886 bits per heavy atom. The number of hydrogen-bond acceptors (Lipinski definition) is 6. The molecule has 0 bridgehead atoms. The summed E-state index contributed by atoms with van der Waals surface area (Å²) in [5.74, 6) is -0.422. The third kappa shape index (κ3) is 6.88. The number of hydrogen-bond donors (Lipinski definition) is 2. The molecular weight excluding hydrogens is 493 g/mol. The first-order valence-electron chi connectivity index (χ1n) is 10.4. The van der Waals surface area contributed by atoms with Crippen molar-refractivity contribution in [3.8, 4) is 17.2 Å². The third-order valence-corrected chi connectivity index (χ3v) is 5.45. The van der Waals surface area contributed by atoms with E-state index in [0.29, 0.717) is 44.3 Å². The molecule has 0 spiro atoms.